The maximum Gasteiger partial charge on any atom is 0.416 e. The monoisotopic (exact) mass is 357 g/mol. The predicted octanol–water partition coefficient (Wildman–Crippen LogP) is 1.98. The van der Waals surface area contributed by atoms with Gasteiger partial charge in [-0.15, -0.1) is 0 Å². The number of alkyl halides is 3. The average molecular weight is 358 g/mol. The molecule has 2 aromatic rings. The SMILES string of the molecule is Nc1c2c(cc(=O)n1-c1cc(C(F)(F)F)ccc1Cl)C(=O)NC2=O. The molecular formula is C14H7ClF3N3O3. The zero-order valence-electron chi connectivity index (χ0n) is 11.6. The normalized spacial score (nSPS) is 13.8. The third kappa shape index (κ3) is 2.33. The summed E-state index contributed by atoms with van der Waals surface area (Å²) in [5, 5.41) is 1.78. The Kier molecular flexibility index (Phi) is 3.41. The predicted molar refractivity (Wildman–Crippen MR) is 78.3 cm³/mol. The highest BCUT2D eigenvalue weighted by Gasteiger charge is 2.34. The van der Waals surface area contributed by atoms with Crippen LogP contribution in [0.4, 0.5) is 19.0 Å². The van der Waals surface area contributed by atoms with Crippen LogP contribution in [0.2, 0.25) is 5.02 Å². The summed E-state index contributed by atoms with van der Waals surface area (Å²) in [5.74, 6) is -2.12. The van der Waals surface area contributed by atoms with Gasteiger partial charge in [0.2, 0.25) is 0 Å². The van der Waals surface area contributed by atoms with Gasteiger partial charge < -0.3 is 5.73 Å². The molecule has 0 spiro atoms. The molecule has 6 nitrogen and oxygen atoms in total. The van der Waals surface area contributed by atoms with E-state index in [2.05, 4.69) is 0 Å². The molecule has 1 aromatic carbocycles. The molecule has 0 fully saturated rings. The Balaban J connectivity index is 2.33. The van der Waals surface area contributed by atoms with E-state index in [1.165, 1.54) is 0 Å². The number of fused-ring (bicyclic) bond motifs is 1. The van der Waals surface area contributed by atoms with Crippen molar-refractivity contribution in [2.24, 2.45) is 0 Å². The van der Waals surface area contributed by atoms with Gasteiger partial charge in [0.1, 0.15) is 5.82 Å². The molecular weight excluding hydrogens is 351 g/mol. The second-order valence-corrected chi connectivity index (χ2v) is 5.35. The summed E-state index contributed by atoms with van der Waals surface area (Å²) in [7, 11) is 0. The highest BCUT2D eigenvalue weighted by Crippen LogP contribution is 2.34. The summed E-state index contributed by atoms with van der Waals surface area (Å²) >= 11 is 5.89. The van der Waals surface area contributed by atoms with Gasteiger partial charge in [-0.3, -0.25) is 24.3 Å². The van der Waals surface area contributed by atoms with E-state index in [0.29, 0.717) is 10.6 Å². The number of amides is 2. The lowest BCUT2D eigenvalue weighted by atomic mass is 10.1. The summed E-state index contributed by atoms with van der Waals surface area (Å²) in [6.07, 6.45) is -4.66. The Labute approximate surface area is 136 Å². The van der Waals surface area contributed by atoms with Crippen molar-refractivity contribution in [1.29, 1.82) is 0 Å². The number of carbonyl (C=O) groups excluding carboxylic acids is 2. The van der Waals surface area contributed by atoms with Gasteiger partial charge in [-0.1, -0.05) is 11.6 Å². The third-order valence-electron chi connectivity index (χ3n) is 3.47. The van der Waals surface area contributed by atoms with Crippen LogP contribution in [0.15, 0.2) is 29.1 Å². The number of hydrogen-bond donors (Lipinski definition) is 2. The van der Waals surface area contributed by atoms with Crippen LogP contribution in [0.25, 0.3) is 5.69 Å². The van der Waals surface area contributed by atoms with Gasteiger partial charge in [0.05, 0.1) is 27.4 Å². The van der Waals surface area contributed by atoms with Crippen LogP contribution in [0.5, 0.6) is 0 Å². The van der Waals surface area contributed by atoms with Gasteiger partial charge in [0.15, 0.2) is 0 Å². The summed E-state index contributed by atoms with van der Waals surface area (Å²) in [6.45, 7) is 0. The number of aromatic nitrogens is 1. The molecule has 0 saturated heterocycles. The molecule has 2 amide bonds. The van der Waals surface area contributed by atoms with Crippen LogP contribution in [-0.4, -0.2) is 16.4 Å². The van der Waals surface area contributed by atoms with Gasteiger partial charge in [-0.25, -0.2) is 0 Å². The molecule has 1 aromatic heterocycles. The molecule has 24 heavy (non-hydrogen) atoms. The quantitative estimate of drug-likeness (QED) is 0.763. The second kappa shape index (κ2) is 5.10. The van der Waals surface area contributed by atoms with Crippen molar-refractivity contribution in [3.05, 3.63) is 56.3 Å². The van der Waals surface area contributed by atoms with E-state index < -0.39 is 34.9 Å². The number of nitrogens with two attached hydrogens (primary N) is 1. The molecule has 0 saturated carbocycles. The van der Waals surface area contributed by atoms with E-state index in [4.69, 9.17) is 17.3 Å². The summed E-state index contributed by atoms with van der Waals surface area (Å²) in [6, 6.07) is 3.17. The molecule has 3 N–H and O–H groups in total. The maximum absolute atomic E-state index is 12.9. The minimum atomic E-state index is -4.66. The van der Waals surface area contributed by atoms with Gasteiger partial charge in [-0.2, -0.15) is 13.2 Å². The van der Waals surface area contributed by atoms with E-state index in [9.17, 15) is 27.6 Å². The molecule has 10 heteroatoms. The van der Waals surface area contributed by atoms with Gasteiger partial charge in [-0.05, 0) is 18.2 Å². The van der Waals surface area contributed by atoms with Crippen molar-refractivity contribution < 1.29 is 22.8 Å². The Morgan fingerprint density at radius 2 is 1.75 bits per heavy atom. The Bertz CT molecular complexity index is 966. The first-order valence-corrected chi connectivity index (χ1v) is 6.77. The zero-order chi connectivity index (χ0) is 17.8. The van der Waals surface area contributed by atoms with Crippen LogP contribution < -0.4 is 16.6 Å². The molecule has 0 unspecified atom stereocenters. The first-order chi connectivity index (χ1) is 11.1. The second-order valence-electron chi connectivity index (χ2n) is 4.94. The largest absolute Gasteiger partial charge is 0.416 e. The first kappa shape index (κ1) is 16.1. The van der Waals surface area contributed by atoms with Crippen molar-refractivity contribution in [3.63, 3.8) is 0 Å². The van der Waals surface area contributed by atoms with Crippen molar-refractivity contribution in [2.45, 2.75) is 6.18 Å². The number of benzene rings is 1. The van der Waals surface area contributed by atoms with Crippen molar-refractivity contribution in [3.8, 4) is 5.69 Å². The van der Waals surface area contributed by atoms with Crippen LogP contribution in [0.3, 0.4) is 0 Å². The fourth-order valence-electron chi connectivity index (χ4n) is 2.39. The van der Waals surface area contributed by atoms with E-state index >= 15 is 0 Å². The molecule has 0 atom stereocenters. The van der Waals surface area contributed by atoms with E-state index in [0.717, 1.165) is 18.2 Å². The van der Waals surface area contributed by atoms with E-state index in [1.54, 1.807) is 0 Å². The number of carbonyl (C=O) groups is 2. The highest BCUT2D eigenvalue weighted by molar-refractivity contribution is 6.32. The molecule has 2 heterocycles. The minimum absolute atomic E-state index is 0.179. The molecule has 0 bridgehead atoms. The van der Waals surface area contributed by atoms with E-state index in [-0.39, 0.29) is 21.8 Å². The van der Waals surface area contributed by atoms with Crippen LogP contribution in [0, 0.1) is 0 Å². The summed E-state index contributed by atoms with van der Waals surface area (Å²) in [5.41, 5.74) is 2.96. The maximum atomic E-state index is 12.9. The Morgan fingerprint density at radius 3 is 2.38 bits per heavy atom. The minimum Gasteiger partial charge on any atom is -0.384 e. The summed E-state index contributed by atoms with van der Waals surface area (Å²) < 4.78 is 39.3. The van der Waals surface area contributed by atoms with Crippen molar-refractivity contribution in [2.75, 3.05) is 5.73 Å². The first-order valence-electron chi connectivity index (χ1n) is 6.39. The Hall–Kier alpha value is -2.81. The number of imide groups is 1. The van der Waals surface area contributed by atoms with E-state index in [1.807, 2.05) is 5.32 Å². The fraction of sp³-hybridized carbons (Fsp3) is 0.0714. The molecule has 3 rings (SSSR count). The highest BCUT2D eigenvalue weighted by atomic mass is 35.5. The number of rotatable bonds is 1. The average Bonchev–Trinajstić information content (AvgIpc) is 2.74. The van der Waals surface area contributed by atoms with Crippen molar-refractivity contribution >= 4 is 29.2 Å². The number of halogens is 4. The number of hydrogen-bond acceptors (Lipinski definition) is 4. The van der Waals surface area contributed by atoms with Crippen molar-refractivity contribution in [1.82, 2.24) is 9.88 Å². The van der Waals surface area contributed by atoms with Gasteiger partial charge >= 0.3 is 6.18 Å². The third-order valence-corrected chi connectivity index (χ3v) is 3.79. The number of nitrogens with zero attached hydrogens (tertiary/aromatic N) is 1. The molecule has 1 aliphatic heterocycles. The Morgan fingerprint density at radius 1 is 1.08 bits per heavy atom. The molecule has 0 aliphatic carbocycles. The van der Waals surface area contributed by atoms with Crippen LogP contribution in [-0.2, 0) is 6.18 Å². The van der Waals surface area contributed by atoms with Crippen LogP contribution in [0.1, 0.15) is 26.3 Å². The number of nitrogen functional groups attached to an aromatic ring is 1. The number of anilines is 1. The molecule has 124 valence electrons. The lowest BCUT2D eigenvalue weighted by molar-refractivity contribution is -0.137. The molecule has 1 aliphatic rings. The van der Waals surface area contributed by atoms with Gasteiger partial charge in [0, 0.05) is 6.07 Å². The summed E-state index contributed by atoms with van der Waals surface area (Å²) in [4.78, 5) is 35.6. The lowest BCUT2D eigenvalue weighted by Crippen LogP contribution is -2.24. The smallest absolute Gasteiger partial charge is 0.384 e. The fourth-order valence-corrected chi connectivity index (χ4v) is 2.59. The lowest BCUT2D eigenvalue weighted by Gasteiger charge is -2.15. The van der Waals surface area contributed by atoms with Crippen LogP contribution >= 0.6 is 11.6 Å². The molecule has 0 radical (unpaired) electrons. The standard InChI is InChI=1S/C14H7ClF3N3O3/c15-7-2-1-5(14(16,17)18)3-8(7)21-9(22)4-6-10(11(21)19)13(24)20-12(6)23/h1-4H,19H2,(H,20,23,24). The number of pyridine rings is 1. The van der Waals surface area contributed by atoms with Gasteiger partial charge in [0.25, 0.3) is 17.4 Å². The topological polar surface area (TPSA) is 94.2 Å². The number of nitrogens with one attached hydrogen (secondary N) is 1. The zero-order valence-corrected chi connectivity index (χ0v) is 12.3.